The summed E-state index contributed by atoms with van der Waals surface area (Å²) in [5.41, 5.74) is -4.67. The maximum atomic E-state index is 14.6. The highest BCUT2D eigenvalue weighted by molar-refractivity contribution is 7.99. The van der Waals surface area contributed by atoms with Gasteiger partial charge in [0.2, 0.25) is 5.43 Å². The number of ether oxygens (including phenoxy) is 8. The number of hydrogen-bond acceptors (Lipinski definition) is 20. The van der Waals surface area contributed by atoms with E-state index in [-0.39, 0.29) is 48.1 Å². The predicted octanol–water partition coefficient (Wildman–Crippen LogP) is 3.45. The molecule has 0 saturated carbocycles. The van der Waals surface area contributed by atoms with Crippen LogP contribution in [0.3, 0.4) is 0 Å². The summed E-state index contributed by atoms with van der Waals surface area (Å²) < 4.78 is 53.5. The lowest BCUT2D eigenvalue weighted by Crippen LogP contribution is -2.61. The minimum absolute atomic E-state index is 0.0827. The number of Topliss-reactive ketones (excluding diaryl/α,β-unsaturated/α-hetero) is 1. The summed E-state index contributed by atoms with van der Waals surface area (Å²) in [5, 5.41) is 50.8. The van der Waals surface area contributed by atoms with Gasteiger partial charge in [-0.1, -0.05) is 27.7 Å². The van der Waals surface area contributed by atoms with Gasteiger partial charge in [-0.3, -0.25) is 19.1 Å². The molecule has 5 heterocycles. The number of likely N-dealkylation sites (N-methyl/N-ethyl adjacent to an activating group) is 1. The third-order valence-corrected chi connectivity index (χ3v) is 16.8. The zero-order chi connectivity index (χ0) is 56.1. The zero-order valence-corrected chi connectivity index (χ0v) is 47.8. The van der Waals surface area contributed by atoms with E-state index in [1.165, 1.54) is 32.0 Å². The Morgan fingerprint density at radius 2 is 1.59 bits per heavy atom. The van der Waals surface area contributed by atoms with Crippen LogP contribution >= 0.6 is 11.8 Å². The Bertz CT molecular complexity index is 2310. The summed E-state index contributed by atoms with van der Waals surface area (Å²) in [7, 11) is 10.3. The number of carbonyl (C=O) groups is 3. The van der Waals surface area contributed by atoms with Gasteiger partial charge >= 0.3 is 11.9 Å². The molecule has 3 fully saturated rings. The first-order valence-corrected chi connectivity index (χ1v) is 27.2. The number of carboxylic acid groups (broad SMARTS) is 1. The molecule has 75 heavy (non-hydrogen) atoms. The summed E-state index contributed by atoms with van der Waals surface area (Å²) in [6.45, 7) is 18.7. The monoisotopic (exact) mass is 1080 g/mol. The Morgan fingerprint density at radius 3 is 2.19 bits per heavy atom. The number of aromatic carboxylic acids is 1. The Morgan fingerprint density at radius 1 is 0.933 bits per heavy atom. The fraction of sp³-hybridized carbons (Fsp3) is 0.792. The van der Waals surface area contributed by atoms with Crippen LogP contribution in [0.5, 0.6) is 0 Å². The van der Waals surface area contributed by atoms with Crippen molar-refractivity contribution in [3.63, 3.8) is 0 Å². The van der Waals surface area contributed by atoms with Crippen LogP contribution in [0.1, 0.15) is 105 Å². The van der Waals surface area contributed by atoms with Crippen LogP contribution in [-0.4, -0.2) is 205 Å². The molecule has 2 aromatic rings. The number of esters is 1. The van der Waals surface area contributed by atoms with Crippen LogP contribution in [0.25, 0.3) is 10.9 Å². The van der Waals surface area contributed by atoms with Crippen molar-refractivity contribution >= 4 is 40.4 Å². The Kier molecular flexibility index (Phi) is 21.7. The minimum atomic E-state index is -2.01. The molecule has 22 heteroatoms. The lowest BCUT2D eigenvalue weighted by atomic mass is 9.74. The number of thioether (sulfide) groups is 1. The fourth-order valence-electron chi connectivity index (χ4n) is 11.2. The Balaban J connectivity index is 1.36. The van der Waals surface area contributed by atoms with Crippen molar-refractivity contribution in [3.8, 4) is 0 Å². The summed E-state index contributed by atoms with van der Waals surface area (Å²) in [4.78, 5) is 60.1. The normalized spacial score (nSPS) is 37.6. The third-order valence-electron chi connectivity index (χ3n) is 15.8. The van der Waals surface area contributed by atoms with Gasteiger partial charge in [0.1, 0.15) is 35.3 Å². The van der Waals surface area contributed by atoms with E-state index < -0.39 is 113 Å². The molecule has 3 saturated heterocycles. The topological polar surface area (TPSA) is 259 Å². The van der Waals surface area contributed by atoms with Gasteiger partial charge < -0.3 is 73.5 Å². The van der Waals surface area contributed by atoms with Crippen molar-refractivity contribution in [3.05, 3.63) is 34.2 Å². The van der Waals surface area contributed by atoms with Crippen LogP contribution in [0.15, 0.2) is 28.3 Å². The molecule has 3 aliphatic rings. The summed E-state index contributed by atoms with van der Waals surface area (Å²) in [6.07, 6.45) is -5.72. The average Bonchev–Trinajstić information content (AvgIpc) is 3.35. The maximum absolute atomic E-state index is 14.6. The van der Waals surface area contributed by atoms with Crippen molar-refractivity contribution in [1.82, 2.24) is 19.9 Å². The maximum Gasteiger partial charge on any atom is 0.341 e. The first kappa shape index (κ1) is 62.5. The molecule has 0 radical (unpaired) electrons. The molecule has 3 aliphatic heterocycles. The van der Waals surface area contributed by atoms with Gasteiger partial charge in [0.15, 0.2) is 12.6 Å². The molecular formula is C53H87N5O16S. The molecule has 18 atom stereocenters. The van der Waals surface area contributed by atoms with Crippen molar-refractivity contribution in [2.45, 2.75) is 184 Å². The van der Waals surface area contributed by atoms with Gasteiger partial charge in [-0.2, -0.15) is 0 Å². The van der Waals surface area contributed by atoms with Crippen molar-refractivity contribution in [1.29, 1.82) is 0 Å². The number of methoxy groups -OCH3 is 2. The number of rotatable bonds is 18. The number of carboxylic acids is 1. The van der Waals surface area contributed by atoms with Crippen molar-refractivity contribution in [2.24, 2.45) is 23.7 Å². The molecule has 0 aromatic carbocycles. The van der Waals surface area contributed by atoms with E-state index in [0.29, 0.717) is 42.4 Å². The molecule has 426 valence electrons. The summed E-state index contributed by atoms with van der Waals surface area (Å²) in [6, 6.07) is 1.30. The molecule has 5 rings (SSSR count). The largest absolute Gasteiger partial charge is 0.477 e. The van der Waals surface area contributed by atoms with Gasteiger partial charge in [-0.25, -0.2) is 9.78 Å². The molecule has 21 nitrogen and oxygen atoms in total. The molecule has 5 N–H and O–H groups in total. The van der Waals surface area contributed by atoms with Gasteiger partial charge in [0, 0.05) is 83.6 Å². The van der Waals surface area contributed by atoms with E-state index in [2.05, 4.69) is 10.3 Å². The van der Waals surface area contributed by atoms with Crippen LogP contribution in [0.2, 0.25) is 0 Å². The minimum Gasteiger partial charge on any atom is -0.477 e. The lowest BCUT2D eigenvalue weighted by molar-refractivity contribution is -0.322. The quantitative estimate of drug-likeness (QED) is 0.0814. The molecule has 0 spiro atoms. The number of nitrogens with zero attached hydrogens (tertiary/aromatic N) is 4. The van der Waals surface area contributed by atoms with E-state index in [1.807, 2.05) is 46.7 Å². The van der Waals surface area contributed by atoms with Crippen LogP contribution in [0, 0.1) is 23.7 Å². The van der Waals surface area contributed by atoms with E-state index in [0.717, 1.165) is 0 Å². The van der Waals surface area contributed by atoms with Crippen LogP contribution in [-0.2, 0) is 47.5 Å². The lowest BCUT2D eigenvalue weighted by Gasteiger charge is -2.50. The number of carbonyl (C=O) groups excluding carboxylic acids is 2. The number of fused-ring (bicyclic) bond motifs is 1. The SMILES string of the molecule is CC[C@H]1OC(=O)[C@H](C)[C@@H](O[C@H]2C[C@@](C)(OC)[C@@H](OCCNCCSc3cc4c(=O)c(C(=O)O)cn(N(C)C)c4cn3)[C@H](C)O2)[C@H](C)[C@@H](O[C@@H]2O[C@H](C)C[C@H](N(C)C)[C@H]2O)[C@](C)(OC)C[C@@H](C)C(=O)[C@H](C)[C@@H](O)[C@]1(C)O. The number of aromatic nitrogens is 2. The van der Waals surface area contributed by atoms with Gasteiger partial charge in [0.25, 0.3) is 0 Å². The number of aliphatic hydroxyl groups is 3. The number of hydrogen-bond donors (Lipinski definition) is 5. The van der Waals surface area contributed by atoms with Crippen molar-refractivity contribution < 1.29 is 72.7 Å². The number of ketones is 1. The van der Waals surface area contributed by atoms with Crippen LogP contribution < -0.4 is 15.8 Å². The van der Waals surface area contributed by atoms with E-state index in [4.69, 9.17) is 37.9 Å². The van der Waals surface area contributed by atoms with E-state index >= 15 is 0 Å². The second-order valence-electron chi connectivity index (χ2n) is 22.0. The molecule has 0 amide bonds. The smallest absolute Gasteiger partial charge is 0.341 e. The zero-order valence-electron chi connectivity index (χ0n) is 46.9. The highest BCUT2D eigenvalue weighted by Crippen LogP contribution is 2.42. The highest BCUT2D eigenvalue weighted by atomic mass is 32.2. The Labute approximate surface area is 446 Å². The first-order chi connectivity index (χ1) is 35.1. The fourth-order valence-corrected chi connectivity index (χ4v) is 12.0. The second-order valence-corrected chi connectivity index (χ2v) is 23.1. The number of nitrogens with one attached hydrogen (secondary N) is 1. The third kappa shape index (κ3) is 14.1. The van der Waals surface area contributed by atoms with Gasteiger partial charge in [0.05, 0.1) is 76.4 Å². The molecule has 0 bridgehead atoms. The summed E-state index contributed by atoms with van der Waals surface area (Å²) in [5.74, 6) is -5.37. The van der Waals surface area contributed by atoms with Gasteiger partial charge in [-0.05, 0) is 81.0 Å². The van der Waals surface area contributed by atoms with E-state index in [9.17, 15) is 39.6 Å². The number of cyclic esters (lactones) is 1. The molecule has 2 aromatic heterocycles. The second kappa shape index (κ2) is 26.1. The molecule has 0 aliphatic carbocycles. The first-order valence-electron chi connectivity index (χ1n) is 26.2. The molecule has 0 unspecified atom stereocenters. The predicted molar refractivity (Wildman–Crippen MR) is 281 cm³/mol. The van der Waals surface area contributed by atoms with Crippen molar-refractivity contribution in [2.75, 3.05) is 72.9 Å². The van der Waals surface area contributed by atoms with E-state index in [1.54, 1.807) is 77.8 Å². The standard InChI is InChI=1S/C53H87N5O16S/c1-17-38-53(10,66)45(62)30(4)41(59)28(2)24-51(8,67-15)46(74-50-43(61)36(56(11)12)22-29(3)70-50)31(5)44(32(6)49(65)72-38)73-40-25-52(9,68-16)47(33(7)71-40)69-20-18-54-19-21-75-39-23-34-37(26-55-39)58(57(13)14)27-35(42(34)60)48(63)64/h23,26-33,36,38,40,43-47,50,54,61-62,66H,17-22,24-25H2,1-16H3,(H,63,64)/t28-,29-,30+,31+,32-,33+,36+,38-,40+,43-,44+,45-,46-,47+,50+,51-,52-,53-/m1/s1. The van der Waals surface area contributed by atoms with Crippen LogP contribution in [0.4, 0.5) is 0 Å². The average molecular weight is 1080 g/mol. The van der Waals surface area contributed by atoms with Gasteiger partial charge in [-0.15, -0.1) is 11.8 Å². The highest BCUT2D eigenvalue weighted by Gasteiger charge is 2.54. The number of pyridine rings is 2. The molecular weight excluding hydrogens is 995 g/mol. The summed E-state index contributed by atoms with van der Waals surface area (Å²) >= 11 is 1.42. The number of aliphatic hydroxyl groups excluding tert-OH is 2. The Hall–Kier alpha value is -3.36.